The molecule has 1 heterocycles. The van der Waals surface area contributed by atoms with Gasteiger partial charge >= 0.3 is 0 Å². The lowest BCUT2D eigenvalue weighted by molar-refractivity contribution is 0.432. The summed E-state index contributed by atoms with van der Waals surface area (Å²) in [7, 11) is 0. The van der Waals surface area contributed by atoms with Crippen molar-refractivity contribution < 1.29 is 4.39 Å². The summed E-state index contributed by atoms with van der Waals surface area (Å²) in [6.07, 6.45) is 1.60. The molecule has 11 heavy (non-hydrogen) atoms. The molecule has 62 valence electrons. The Morgan fingerprint density at radius 3 is 2.73 bits per heavy atom. The average molecular weight is 177 g/mol. The van der Waals surface area contributed by atoms with Crippen LogP contribution in [-0.4, -0.2) is 11.7 Å². The van der Waals surface area contributed by atoms with Gasteiger partial charge in [0.1, 0.15) is 6.67 Å². The quantitative estimate of drug-likeness (QED) is 0.741. The molecule has 1 aromatic rings. The van der Waals surface area contributed by atoms with Crippen molar-refractivity contribution in [3.05, 3.63) is 30.1 Å². The molecule has 2 nitrogen and oxygen atoms in total. The molecule has 1 rings (SSSR count). The molecule has 0 amide bonds. The Bertz CT molecular complexity index is 193. The fourth-order valence-corrected chi connectivity index (χ4v) is 0.674. The third kappa shape index (κ3) is 2.82. The van der Waals surface area contributed by atoms with Crippen molar-refractivity contribution in [3.63, 3.8) is 0 Å². The van der Waals surface area contributed by atoms with Crippen LogP contribution in [0.1, 0.15) is 11.7 Å². The summed E-state index contributed by atoms with van der Waals surface area (Å²) in [5.74, 6) is 0. The highest BCUT2D eigenvalue weighted by Crippen LogP contribution is 2.04. The van der Waals surface area contributed by atoms with Gasteiger partial charge in [-0.15, -0.1) is 12.4 Å². The van der Waals surface area contributed by atoms with Gasteiger partial charge in [0, 0.05) is 6.20 Å². The van der Waals surface area contributed by atoms with Crippen LogP contribution in [0.4, 0.5) is 4.39 Å². The van der Waals surface area contributed by atoms with E-state index in [-0.39, 0.29) is 12.4 Å². The maximum Gasteiger partial charge on any atom is 0.110 e. The van der Waals surface area contributed by atoms with Crippen LogP contribution in [0.15, 0.2) is 24.4 Å². The number of nitrogens with zero attached hydrogens (tertiary/aromatic N) is 1. The lowest BCUT2D eigenvalue weighted by Gasteiger charge is -2.03. The molecular formula is C7H10ClFN2. The van der Waals surface area contributed by atoms with Gasteiger partial charge in [-0.25, -0.2) is 4.39 Å². The van der Waals surface area contributed by atoms with Gasteiger partial charge in [0.05, 0.1) is 11.7 Å². The van der Waals surface area contributed by atoms with Crippen molar-refractivity contribution in [1.82, 2.24) is 4.98 Å². The lowest BCUT2D eigenvalue weighted by atomic mass is 10.2. The van der Waals surface area contributed by atoms with Gasteiger partial charge in [0.2, 0.25) is 0 Å². The molecule has 0 unspecified atom stereocenters. The van der Waals surface area contributed by atoms with Crippen LogP contribution in [0.3, 0.4) is 0 Å². The molecule has 4 heteroatoms. The van der Waals surface area contributed by atoms with Crippen molar-refractivity contribution in [2.24, 2.45) is 5.73 Å². The number of nitrogens with two attached hydrogens (primary N) is 1. The van der Waals surface area contributed by atoms with E-state index in [0.29, 0.717) is 5.69 Å². The zero-order valence-corrected chi connectivity index (χ0v) is 6.72. The SMILES string of the molecule is Cl.N[C@H](CF)c1ccccn1. The fraction of sp³-hybridized carbons (Fsp3) is 0.286. The summed E-state index contributed by atoms with van der Waals surface area (Å²) >= 11 is 0. The zero-order valence-electron chi connectivity index (χ0n) is 5.90. The molecular weight excluding hydrogens is 167 g/mol. The van der Waals surface area contributed by atoms with Crippen LogP contribution < -0.4 is 5.73 Å². The normalized spacial score (nSPS) is 11.8. The monoisotopic (exact) mass is 176 g/mol. The average Bonchev–Trinajstić information content (AvgIpc) is 2.05. The van der Waals surface area contributed by atoms with Gasteiger partial charge in [-0.05, 0) is 12.1 Å². The molecule has 0 aliphatic carbocycles. The largest absolute Gasteiger partial charge is 0.321 e. The van der Waals surface area contributed by atoms with Gasteiger partial charge in [-0.3, -0.25) is 4.98 Å². The Balaban J connectivity index is 0.000001000. The lowest BCUT2D eigenvalue weighted by Crippen LogP contribution is -2.13. The fourth-order valence-electron chi connectivity index (χ4n) is 0.674. The molecule has 0 aliphatic rings. The maximum absolute atomic E-state index is 11.9. The Morgan fingerprint density at radius 2 is 2.27 bits per heavy atom. The molecule has 0 bridgehead atoms. The van der Waals surface area contributed by atoms with E-state index in [0.717, 1.165) is 0 Å². The first kappa shape index (κ1) is 10.3. The molecule has 0 fully saturated rings. The number of halogens is 2. The van der Waals surface area contributed by atoms with E-state index in [9.17, 15) is 4.39 Å². The summed E-state index contributed by atoms with van der Waals surface area (Å²) in [4.78, 5) is 3.88. The first-order valence-electron chi connectivity index (χ1n) is 3.07. The molecule has 0 aromatic carbocycles. The van der Waals surface area contributed by atoms with Crippen LogP contribution in [0, 0.1) is 0 Å². The zero-order chi connectivity index (χ0) is 7.40. The van der Waals surface area contributed by atoms with Gasteiger partial charge in [0.25, 0.3) is 0 Å². The van der Waals surface area contributed by atoms with Crippen molar-refractivity contribution in [2.45, 2.75) is 6.04 Å². The third-order valence-electron chi connectivity index (χ3n) is 1.23. The molecule has 0 saturated carbocycles. The number of pyridine rings is 1. The van der Waals surface area contributed by atoms with E-state index >= 15 is 0 Å². The summed E-state index contributed by atoms with van der Waals surface area (Å²) in [5, 5.41) is 0. The summed E-state index contributed by atoms with van der Waals surface area (Å²) < 4.78 is 11.9. The maximum atomic E-state index is 11.9. The van der Waals surface area contributed by atoms with E-state index < -0.39 is 12.7 Å². The van der Waals surface area contributed by atoms with E-state index in [2.05, 4.69) is 4.98 Å². The topological polar surface area (TPSA) is 38.9 Å². The third-order valence-corrected chi connectivity index (χ3v) is 1.23. The first-order chi connectivity index (χ1) is 4.84. The Morgan fingerprint density at radius 1 is 1.55 bits per heavy atom. The molecule has 2 N–H and O–H groups in total. The smallest absolute Gasteiger partial charge is 0.110 e. The molecule has 1 atom stereocenters. The van der Waals surface area contributed by atoms with Crippen molar-refractivity contribution in [1.29, 1.82) is 0 Å². The second-order valence-electron chi connectivity index (χ2n) is 2.02. The second-order valence-corrected chi connectivity index (χ2v) is 2.02. The van der Waals surface area contributed by atoms with Crippen molar-refractivity contribution >= 4 is 12.4 Å². The van der Waals surface area contributed by atoms with Crippen LogP contribution in [0.25, 0.3) is 0 Å². The highest BCUT2D eigenvalue weighted by Gasteiger charge is 2.03. The summed E-state index contributed by atoms with van der Waals surface area (Å²) in [5.41, 5.74) is 5.96. The molecule has 0 aliphatic heterocycles. The van der Waals surface area contributed by atoms with Crippen molar-refractivity contribution in [3.8, 4) is 0 Å². The van der Waals surface area contributed by atoms with Crippen molar-refractivity contribution in [2.75, 3.05) is 6.67 Å². The predicted octanol–water partition coefficient (Wildman–Crippen LogP) is 1.47. The Labute approximate surface area is 71.0 Å². The number of hydrogen-bond donors (Lipinski definition) is 1. The van der Waals surface area contributed by atoms with E-state index in [4.69, 9.17) is 5.73 Å². The minimum atomic E-state index is -0.568. The Kier molecular flexibility index (Phi) is 4.74. The van der Waals surface area contributed by atoms with Crippen LogP contribution in [0.5, 0.6) is 0 Å². The van der Waals surface area contributed by atoms with Gasteiger partial charge < -0.3 is 5.73 Å². The van der Waals surface area contributed by atoms with Gasteiger partial charge in [-0.1, -0.05) is 6.07 Å². The Hall–Kier alpha value is -0.670. The number of alkyl halides is 1. The standard InChI is InChI=1S/C7H9FN2.ClH/c8-5-6(9)7-3-1-2-4-10-7;/h1-4,6H,5,9H2;1H/t6-;/m1./s1. The molecule has 0 spiro atoms. The minimum Gasteiger partial charge on any atom is -0.321 e. The number of rotatable bonds is 2. The van der Waals surface area contributed by atoms with Gasteiger partial charge in [-0.2, -0.15) is 0 Å². The first-order valence-corrected chi connectivity index (χ1v) is 3.07. The second kappa shape index (κ2) is 5.04. The molecule has 0 radical (unpaired) electrons. The van der Waals surface area contributed by atoms with E-state index in [1.54, 1.807) is 24.4 Å². The highest BCUT2D eigenvalue weighted by atomic mass is 35.5. The van der Waals surface area contributed by atoms with E-state index in [1.165, 1.54) is 0 Å². The number of hydrogen-bond acceptors (Lipinski definition) is 2. The minimum absolute atomic E-state index is 0. The van der Waals surface area contributed by atoms with Crippen LogP contribution in [0.2, 0.25) is 0 Å². The number of aromatic nitrogens is 1. The van der Waals surface area contributed by atoms with Crippen LogP contribution in [-0.2, 0) is 0 Å². The van der Waals surface area contributed by atoms with Gasteiger partial charge in [0.15, 0.2) is 0 Å². The highest BCUT2D eigenvalue weighted by molar-refractivity contribution is 5.85. The molecule has 1 aromatic heterocycles. The van der Waals surface area contributed by atoms with E-state index in [1.807, 2.05) is 0 Å². The summed E-state index contributed by atoms with van der Waals surface area (Å²) in [6, 6.07) is 4.71. The van der Waals surface area contributed by atoms with Crippen LogP contribution >= 0.6 is 12.4 Å². The predicted molar refractivity (Wildman–Crippen MR) is 44.4 cm³/mol. The summed E-state index contributed by atoms with van der Waals surface area (Å²) in [6.45, 7) is -0.559. The molecule has 0 saturated heterocycles.